The predicted molar refractivity (Wildman–Crippen MR) is 101 cm³/mol. The third-order valence-electron chi connectivity index (χ3n) is 4.04. The van der Waals surface area contributed by atoms with Crippen molar-refractivity contribution in [1.29, 1.82) is 0 Å². The molecule has 0 aliphatic heterocycles. The normalized spacial score (nSPS) is 13.6. The molecule has 1 N–H and O–H groups in total. The van der Waals surface area contributed by atoms with Gasteiger partial charge in [-0.05, 0) is 50.6 Å². The summed E-state index contributed by atoms with van der Waals surface area (Å²) in [7, 11) is 0. The number of nitrogens with one attached hydrogen (secondary N) is 1. The highest BCUT2D eigenvalue weighted by molar-refractivity contribution is 6.35. The maximum Gasteiger partial charge on any atom is 0.247 e. The molecule has 6 heteroatoms. The minimum absolute atomic E-state index is 0.00879. The summed E-state index contributed by atoms with van der Waals surface area (Å²) in [6, 6.07) is 13.4. The van der Waals surface area contributed by atoms with Gasteiger partial charge in [-0.2, -0.15) is 0 Å². The van der Waals surface area contributed by atoms with Crippen LogP contribution in [0.25, 0.3) is 11.5 Å². The summed E-state index contributed by atoms with van der Waals surface area (Å²) >= 11 is 12.2. The summed E-state index contributed by atoms with van der Waals surface area (Å²) in [5, 5.41) is 13.0. The van der Waals surface area contributed by atoms with E-state index in [1.54, 1.807) is 6.07 Å². The second-order valence-corrected chi connectivity index (χ2v) is 6.93. The minimum Gasteiger partial charge on any atom is -0.419 e. The van der Waals surface area contributed by atoms with E-state index in [9.17, 15) is 0 Å². The van der Waals surface area contributed by atoms with Gasteiger partial charge in [0, 0.05) is 21.7 Å². The van der Waals surface area contributed by atoms with Crippen molar-refractivity contribution < 1.29 is 4.42 Å². The first-order valence-electron chi connectivity index (χ1n) is 8.05. The first kappa shape index (κ1) is 17.9. The van der Waals surface area contributed by atoms with Gasteiger partial charge in [0.15, 0.2) is 0 Å². The van der Waals surface area contributed by atoms with Crippen LogP contribution < -0.4 is 5.32 Å². The summed E-state index contributed by atoms with van der Waals surface area (Å²) in [5.74, 6) is 1.05. The van der Waals surface area contributed by atoms with E-state index >= 15 is 0 Å². The molecule has 0 bridgehead atoms. The number of hydrogen-bond donors (Lipinski definition) is 1. The van der Waals surface area contributed by atoms with Crippen LogP contribution >= 0.6 is 23.2 Å². The van der Waals surface area contributed by atoms with Crippen LogP contribution in [0.15, 0.2) is 46.9 Å². The van der Waals surface area contributed by atoms with Crippen LogP contribution in [0.4, 0.5) is 0 Å². The Morgan fingerprint density at radius 1 is 0.960 bits per heavy atom. The van der Waals surface area contributed by atoms with Crippen LogP contribution in [0.1, 0.15) is 42.9 Å². The largest absolute Gasteiger partial charge is 0.419 e. The Bertz CT molecular complexity index is 861. The monoisotopic (exact) mass is 375 g/mol. The topological polar surface area (TPSA) is 51.0 Å². The standard InChI is InChI=1S/C19H19Cl2N3O/c1-11-4-6-14(7-5-11)19-24-23-18(25-19)13(3)22-12(2)16-9-8-15(20)10-17(16)21/h4-10,12-13,22H,1-3H3. The average Bonchev–Trinajstić information content (AvgIpc) is 3.05. The average molecular weight is 376 g/mol. The van der Waals surface area contributed by atoms with Gasteiger partial charge in [-0.1, -0.05) is 47.0 Å². The van der Waals surface area contributed by atoms with E-state index in [0.717, 1.165) is 11.1 Å². The fourth-order valence-electron chi connectivity index (χ4n) is 2.61. The number of halogens is 2. The molecule has 130 valence electrons. The third-order valence-corrected chi connectivity index (χ3v) is 4.60. The van der Waals surface area contributed by atoms with Gasteiger partial charge in [-0.25, -0.2) is 0 Å². The van der Waals surface area contributed by atoms with E-state index in [0.29, 0.717) is 21.8 Å². The molecule has 3 rings (SSSR count). The van der Waals surface area contributed by atoms with Crippen LogP contribution in [-0.4, -0.2) is 10.2 Å². The zero-order valence-electron chi connectivity index (χ0n) is 14.3. The van der Waals surface area contributed by atoms with Crippen LogP contribution in [-0.2, 0) is 0 Å². The van der Waals surface area contributed by atoms with Gasteiger partial charge in [0.2, 0.25) is 11.8 Å². The Hall–Kier alpha value is -1.88. The molecule has 2 aromatic carbocycles. The highest BCUT2D eigenvalue weighted by Gasteiger charge is 2.19. The molecule has 0 spiro atoms. The van der Waals surface area contributed by atoms with Gasteiger partial charge < -0.3 is 4.42 Å². The van der Waals surface area contributed by atoms with Crippen molar-refractivity contribution in [2.45, 2.75) is 32.9 Å². The first-order valence-corrected chi connectivity index (χ1v) is 8.81. The molecule has 4 nitrogen and oxygen atoms in total. The van der Waals surface area contributed by atoms with Gasteiger partial charge in [0.25, 0.3) is 0 Å². The van der Waals surface area contributed by atoms with Crippen molar-refractivity contribution in [1.82, 2.24) is 15.5 Å². The molecule has 0 amide bonds. The lowest BCUT2D eigenvalue weighted by Crippen LogP contribution is -2.23. The zero-order valence-corrected chi connectivity index (χ0v) is 15.8. The molecule has 3 aromatic rings. The Morgan fingerprint density at radius 3 is 2.36 bits per heavy atom. The lowest BCUT2D eigenvalue weighted by Gasteiger charge is -2.19. The molecule has 0 aliphatic rings. The molecule has 0 saturated heterocycles. The lowest BCUT2D eigenvalue weighted by atomic mass is 10.1. The van der Waals surface area contributed by atoms with Crippen molar-refractivity contribution in [2.75, 3.05) is 0 Å². The summed E-state index contributed by atoms with van der Waals surface area (Å²) < 4.78 is 5.82. The maximum atomic E-state index is 6.27. The van der Waals surface area contributed by atoms with Crippen LogP contribution in [0, 0.1) is 6.92 Å². The number of benzene rings is 2. The van der Waals surface area contributed by atoms with Crippen molar-refractivity contribution in [3.8, 4) is 11.5 Å². The summed E-state index contributed by atoms with van der Waals surface area (Å²) in [4.78, 5) is 0. The smallest absolute Gasteiger partial charge is 0.247 e. The van der Waals surface area contributed by atoms with Crippen LogP contribution in [0.2, 0.25) is 10.0 Å². The Labute approximate surface area is 157 Å². The van der Waals surface area contributed by atoms with Crippen molar-refractivity contribution in [2.24, 2.45) is 0 Å². The fraction of sp³-hybridized carbons (Fsp3) is 0.263. The van der Waals surface area contributed by atoms with Crippen molar-refractivity contribution in [3.05, 3.63) is 69.5 Å². The Kier molecular flexibility index (Phi) is 5.42. The Morgan fingerprint density at radius 2 is 1.68 bits per heavy atom. The van der Waals surface area contributed by atoms with E-state index in [-0.39, 0.29) is 12.1 Å². The molecular formula is C19H19Cl2N3O. The van der Waals surface area contributed by atoms with Gasteiger partial charge in [-0.3, -0.25) is 5.32 Å². The summed E-state index contributed by atoms with van der Waals surface area (Å²) in [6.07, 6.45) is 0. The van der Waals surface area contributed by atoms with E-state index in [1.165, 1.54) is 5.56 Å². The molecule has 0 radical (unpaired) electrons. The van der Waals surface area contributed by atoms with E-state index in [1.807, 2.05) is 57.2 Å². The highest BCUT2D eigenvalue weighted by atomic mass is 35.5. The quantitative estimate of drug-likeness (QED) is 0.615. The highest BCUT2D eigenvalue weighted by Crippen LogP contribution is 2.28. The molecule has 2 atom stereocenters. The molecule has 0 aliphatic carbocycles. The zero-order chi connectivity index (χ0) is 18.0. The number of nitrogens with zero attached hydrogens (tertiary/aromatic N) is 2. The van der Waals surface area contributed by atoms with Gasteiger partial charge >= 0.3 is 0 Å². The van der Waals surface area contributed by atoms with E-state index in [2.05, 4.69) is 15.5 Å². The molecule has 1 heterocycles. The first-order chi connectivity index (χ1) is 11.9. The number of aromatic nitrogens is 2. The lowest BCUT2D eigenvalue weighted by molar-refractivity contribution is 0.395. The molecule has 0 fully saturated rings. The predicted octanol–water partition coefficient (Wildman–Crippen LogP) is 5.76. The molecular weight excluding hydrogens is 357 g/mol. The van der Waals surface area contributed by atoms with Crippen LogP contribution in [0.5, 0.6) is 0 Å². The fourth-order valence-corrected chi connectivity index (χ4v) is 3.18. The Balaban J connectivity index is 1.73. The van der Waals surface area contributed by atoms with Gasteiger partial charge in [-0.15, -0.1) is 10.2 Å². The minimum atomic E-state index is -0.117. The second-order valence-electron chi connectivity index (χ2n) is 6.09. The molecule has 2 unspecified atom stereocenters. The summed E-state index contributed by atoms with van der Waals surface area (Å²) in [6.45, 7) is 6.05. The van der Waals surface area contributed by atoms with Crippen molar-refractivity contribution in [3.63, 3.8) is 0 Å². The molecule has 0 saturated carbocycles. The van der Waals surface area contributed by atoms with Crippen LogP contribution in [0.3, 0.4) is 0 Å². The second kappa shape index (κ2) is 7.56. The number of rotatable bonds is 5. The molecule has 1 aromatic heterocycles. The van der Waals surface area contributed by atoms with Crippen molar-refractivity contribution >= 4 is 23.2 Å². The molecule has 25 heavy (non-hydrogen) atoms. The van der Waals surface area contributed by atoms with Gasteiger partial charge in [0.05, 0.1) is 6.04 Å². The summed E-state index contributed by atoms with van der Waals surface area (Å²) in [5.41, 5.74) is 3.06. The van der Waals surface area contributed by atoms with E-state index in [4.69, 9.17) is 27.6 Å². The third kappa shape index (κ3) is 4.21. The van der Waals surface area contributed by atoms with Gasteiger partial charge in [0.1, 0.15) is 0 Å². The number of hydrogen-bond acceptors (Lipinski definition) is 4. The van der Waals surface area contributed by atoms with E-state index < -0.39 is 0 Å². The SMILES string of the molecule is Cc1ccc(-c2nnc(C(C)NC(C)c3ccc(Cl)cc3Cl)o2)cc1. The number of aryl methyl sites for hydroxylation is 1. The maximum absolute atomic E-state index is 6.27.